The third-order valence-electron chi connectivity index (χ3n) is 6.94. The Morgan fingerprint density at radius 3 is 2.65 bits per heavy atom. The van der Waals surface area contributed by atoms with E-state index in [1.165, 1.54) is 0 Å². The van der Waals surface area contributed by atoms with Gasteiger partial charge in [0.05, 0.1) is 23.8 Å². The molecular formula is C24H32N8O2. The standard InChI is InChI=1S/C24H32N8O2/c1-3-21(33)30-10-8-29(9-11-30)18-12-19(14-25-13-18)32-16-17-6-5-7-31(17)22-20(23(32)34)15-27-24(28-22)26-4-2/h12-15,17H,3-11,16H2,1-2H3,(H,26,27,28)/t17-/m0/s1. The summed E-state index contributed by atoms with van der Waals surface area (Å²) in [4.78, 5) is 47.5. The largest absolute Gasteiger partial charge is 0.367 e. The number of amides is 2. The lowest BCUT2D eigenvalue weighted by atomic mass is 10.2. The fourth-order valence-corrected chi connectivity index (χ4v) is 5.13. The molecule has 0 bridgehead atoms. The molecule has 3 aliphatic heterocycles. The molecule has 3 aliphatic rings. The zero-order chi connectivity index (χ0) is 23.7. The van der Waals surface area contributed by atoms with Crippen molar-refractivity contribution in [3.05, 3.63) is 30.2 Å². The van der Waals surface area contributed by atoms with E-state index in [1.807, 2.05) is 35.9 Å². The van der Waals surface area contributed by atoms with Crippen LogP contribution in [0.4, 0.5) is 23.1 Å². The first kappa shape index (κ1) is 22.4. The molecule has 5 rings (SSSR count). The van der Waals surface area contributed by atoms with Crippen molar-refractivity contribution in [3.63, 3.8) is 0 Å². The van der Waals surface area contributed by atoms with Gasteiger partial charge in [-0.15, -0.1) is 0 Å². The zero-order valence-corrected chi connectivity index (χ0v) is 19.9. The number of nitrogens with zero attached hydrogens (tertiary/aromatic N) is 7. The number of fused-ring (bicyclic) bond motifs is 3. The molecule has 0 radical (unpaired) electrons. The van der Waals surface area contributed by atoms with Crippen LogP contribution in [0.2, 0.25) is 0 Å². The molecule has 2 amide bonds. The minimum atomic E-state index is -0.0928. The van der Waals surface area contributed by atoms with Crippen molar-refractivity contribution in [2.75, 3.05) is 65.8 Å². The van der Waals surface area contributed by atoms with E-state index in [4.69, 9.17) is 4.98 Å². The highest BCUT2D eigenvalue weighted by molar-refractivity contribution is 6.10. The van der Waals surface area contributed by atoms with Gasteiger partial charge in [0.25, 0.3) is 5.91 Å². The van der Waals surface area contributed by atoms with Gasteiger partial charge in [0.1, 0.15) is 11.4 Å². The van der Waals surface area contributed by atoms with E-state index < -0.39 is 0 Å². The molecule has 1 N–H and O–H groups in total. The van der Waals surface area contributed by atoms with Crippen LogP contribution in [0.15, 0.2) is 24.7 Å². The van der Waals surface area contributed by atoms with Crippen LogP contribution < -0.4 is 20.0 Å². The van der Waals surface area contributed by atoms with Crippen LogP contribution in [0.5, 0.6) is 0 Å². The summed E-state index contributed by atoms with van der Waals surface area (Å²) in [5.41, 5.74) is 2.29. The summed E-state index contributed by atoms with van der Waals surface area (Å²) >= 11 is 0. The second-order valence-corrected chi connectivity index (χ2v) is 8.99. The lowest BCUT2D eigenvalue weighted by Gasteiger charge is -2.36. The topological polar surface area (TPSA) is 97.8 Å². The van der Waals surface area contributed by atoms with Crippen LogP contribution in [0.3, 0.4) is 0 Å². The number of piperazine rings is 1. The number of carbonyl (C=O) groups excluding carboxylic acids is 2. The Labute approximate surface area is 200 Å². The van der Waals surface area contributed by atoms with Crippen molar-refractivity contribution >= 4 is 35.0 Å². The molecule has 0 spiro atoms. The van der Waals surface area contributed by atoms with Crippen molar-refractivity contribution in [3.8, 4) is 0 Å². The Morgan fingerprint density at radius 1 is 1.09 bits per heavy atom. The Kier molecular flexibility index (Phi) is 6.21. The molecular weight excluding hydrogens is 432 g/mol. The normalized spacial score (nSPS) is 20.2. The third kappa shape index (κ3) is 4.12. The molecule has 2 saturated heterocycles. The predicted octanol–water partition coefficient (Wildman–Crippen LogP) is 1.99. The van der Waals surface area contributed by atoms with Crippen LogP contribution in [0.25, 0.3) is 0 Å². The van der Waals surface area contributed by atoms with Crippen LogP contribution >= 0.6 is 0 Å². The number of anilines is 4. The molecule has 1 atom stereocenters. The molecule has 2 aromatic heterocycles. The lowest BCUT2D eigenvalue weighted by molar-refractivity contribution is -0.131. The molecule has 0 saturated carbocycles. The average molecular weight is 465 g/mol. The summed E-state index contributed by atoms with van der Waals surface area (Å²) in [5.74, 6) is 1.38. The molecule has 2 aromatic rings. The van der Waals surface area contributed by atoms with Crippen LogP contribution in [-0.2, 0) is 4.79 Å². The van der Waals surface area contributed by atoms with Crippen molar-refractivity contribution < 1.29 is 9.59 Å². The summed E-state index contributed by atoms with van der Waals surface area (Å²) in [7, 11) is 0. The second kappa shape index (κ2) is 9.44. The summed E-state index contributed by atoms with van der Waals surface area (Å²) in [5, 5.41) is 3.16. The maximum absolute atomic E-state index is 13.7. The minimum Gasteiger partial charge on any atom is -0.367 e. The van der Waals surface area contributed by atoms with E-state index in [0.29, 0.717) is 37.6 Å². The van der Waals surface area contributed by atoms with Gasteiger partial charge in [-0.1, -0.05) is 6.92 Å². The van der Waals surface area contributed by atoms with Crippen LogP contribution in [0.1, 0.15) is 43.5 Å². The lowest BCUT2D eigenvalue weighted by Crippen LogP contribution is -2.48. The number of aromatic nitrogens is 3. The van der Waals surface area contributed by atoms with E-state index in [2.05, 4.69) is 25.1 Å². The van der Waals surface area contributed by atoms with Gasteiger partial charge < -0.3 is 24.9 Å². The SMILES string of the molecule is CCNc1ncc2c(n1)N1CCC[C@H]1CN(c1cncc(N3CCN(C(=O)CC)CC3)c1)C2=O. The number of hydrogen-bond donors (Lipinski definition) is 1. The molecule has 10 heteroatoms. The number of hydrogen-bond acceptors (Lipinski definition) is 8. The van der Waals surface area contributed by atoms with Gasteiger partial charge >= 0.3 is 0 Å². The highest BCUT2D eigenvalue weighted by atomic mass is 16.2. The van der Waals surface area contributed by atoms with Crippen LogP contribution in [-0.4, -0.2) is 83.5 Å². The molecule has 0 unspecified atom stereocenters. The zero-order valence-electron chi connectivity index (χ0n) is 19.9. The van der Waals surface area contributed by atoms with Crippen molar-refractivity contribution in [1.29, 1.82) is 0 Å². The Morgan fingerprint density at radius 2 is 1.88 bits per heavy atom. The van der Waals surface area contributed by atoms with E-state index in [1.54, 1.807) is 12.4 Å². The second-order valence-electron chi connectivity index (χ2n) is 8.99. The first-order valence-corrected chi connectivity index (χ1v) is 12.3. The summed E-state index contributed by atoms with van der Waals surface area (Å²) < 4.78 is 0. The average Bonchev–Trinajstić information content (AvgIpc) is 3.31. The molecule has 0 aliphatic carbocycles. The fraction of sp³-hybridized carbons (Fsp3) is 0.542. The highest BCUT2D eigenvalue weighted by Gasteiger charge is 2.37. The van der Waals surface area contributed by atoms with E-state index in [9.17, 15) is 9.59 Å². The number of nitrogens with one attached hydrogen (secondary N) is 1. The summed E-state index contributed by atoms with van der Waals surface area (Å²) in [6, 6.07) is 2.25. The minimum absolute atomic E-state index is 0.0928. The number of pyridine rings is 1. The summed E-state index contributed by atoms with van der Waals surface area (Å²) in [6.45, 7) is 9.02. The van der Waals surface area contributed by atoms with E-state index in [-0.39, 0.29) is 17.9 Å². The number of carbonyl (C=O) groups is 2. The van der Waals surface area contributed by atoms with E-state index >= 15 is 0 Å². The number of rotatable bonds is 5. The summed E-state index contributed by atoms with van der Waals surface area (Å²) in [6.07, 6.45) is 7.88. The van der Waals surface area contributed by atoms with Gasteiger partial charge in [0, 0.05) is 64.5 Å². The monoisotopic (exact) mass is 464 g/mol. The van der Waals surface area contributed by atoms with Gasteiger partial charge in [-0.2, -0.15) is 4.98 Å². The fourth-order valence-electron chi connectivity index (χ4n) is 5.13. The van der Waals surface area contributed by atoms with Gasteiger partial charge in [0.15, 0.2) is 0 Å². The third-order valence-corrected chi connectivity index (χ3v) is 6.94. The molecule has 10 nitrogen and oxygen atoms in total. The van der Waals surface area contributed by atoms with Gasteiger partial charge in [-0.3, -0.25) is 14.6 Å². The molecule has 0 aromatic carbocycles. The highest BCUT2D eigenvalue weighted by Crippen LogP contribution is 2.34. The molecule has 2 fully saturated rings. The Balaban J connectivity index is 1.42. The maximum Gasteiger partial charge on any atom is 0.263 e. The van der Waals surface area contributed by atoms with Crippen molar-refractivity contribution in [1.82, 2.24) is 19.9 Å². The predicted molar refractivity (Wildman–Crippen MR) is 132 cm³/mol. The first-order valence-electron chi connectivity index (χ1n) is 12.3. The van der Waals surface area contributed by atoms with E-state index in [0.717, 1.165) is 56.2 Å². The van der Waals surface area contributed by atoms with Crippen molar-refractivity contribution in [2.45, 2.75) is 39.2 Å². The first-order chi connectivity index (χ1) is 16.6. The van der Waals surface area contributed by atoms with Gasteiger partial charge in [-0.05, 0) is 25.8 Å². The van der Waals surface area contributed by atoms with Gasteiger partial charge in [0.2, 0.25) is 11.9 Å². The van der Waals surface area contributed by atoms with Crippen molar-refractivity contribution in [2.24, 2.45) is 0 Å². The smallest absolute Gasteiger partial charge is 0.263 e. The Bertz CT molecular complexity index is 1070. The molecule has 180 valence electrons. The molecule has 5 heterocycles. The maximum atomic E-state index is 13.7. The Hall–Kier alpha value is -3.43. The van der Waals surface area contributed by atoms with Gasteiger partial charge in [-0.25, -0.2) is 4.98 Å². The molecule has 34 heavy (non-hydrogen) atoms. The van der Waals surface area contributed by atoms with Crippen LogP contribution in [0, 0.1) is 0 Å². The quantitative estimate of drug-likeness (QED) is 0.718.